The summed E-state index contributed by atoms with van der Waals surface area (Å²) in [7, 11) is 0. The number of carbonyl (C=O) groups is 4. The first-order valence-electron chi connectivity index (χ1n) is 11.3. The Hall–Kier alpha value is -2.99. The molecule has 1 aliphatic heterocycles. The number of fused-ring (bicyclic) bond motifs is 3. The monoisotopic (exact) mass is 465 g/mol. The number of ketones is 2. The number of likely N-dealkylation sites (tertiary alicyclic amines) is 1. The van der Waals surface area contributed by atoms with Gasteiger partial charge in [0.05, 0.1) is 11.8 Å². The Morgan fingerprint density at radius 1 is 1.12 bits per heavy atom. The molecule has 1 N–H and O–H groups in total. The van der Waals surface area contributed by atoms with Gasteiger partial charge >= 0.3 is 0 Å². The molecule has 33 heavy (non-hydrogen) atoms. The van der Waals surface area contributed by atoms with Crippen LogP contribution in [0.25, 0.3) is 0 Å². The summed E-state index contributed by atoms with van der Waals surface area (Å²) in [6, 6.07) is 4.58. The van der Waals surface area contributed by atoms with Gasteiger partial charge in [0.2, 0.25) is 11.8 Å². The topological polar surface area (TPSA) is 91.8 Å². The molecular formula is C26H24ClNO5. The Kier molecular flexibility index (Phi) is 5.16. The van der Waals surface area contributed by atoms with E-state index < -0.39 is 17.8 Å². The Morgan fingerprint density at radius 3 is 2.58 bits per heavy atom. The molecule has 0 aromatic heterocycles. The minimum atomic E-state index is -0.600. The van der Waals surface area contributed by atoms with E-state index in [2.05, 4.69) is 0 Å². The average molecular weight is 466 g/mol. The molecule has 3 aliphatic carbocycles. The number of imide groups is 1. The van der Waals surface area contributed by atoms with Crippen LogP contribution in [0.4, 0.5) is 0 Å². The van der Waals surface area contributed by atoms with Gasteiger partial charge < -0.3 is 5.11 Å². The van der Waals surface area contributed by atoms with E-state index in [0.717, 1.165) is 5.57 Å². The Bertz CT molecular complexity index is 1220. The lowest BCUT2D eigenvalue weighted by molar-refractivity contribution is -0.140. The number of phenolic OH excluding ortho intramolecular Hbond substituents is 1. The number of aromatic hydroxyl groups is 1. The van der Waals surface area contributed by atoms with Crippen molar-refractivity contribution in [2.75, 3.05) is 6.54 Å². The van der Waals surface area contributed by atoms with Crippen LogP contribution in [0.5, 0.6) is 5.75 Å². The fourth-order valence-corrected chi connectivity index (χ4v) is 6.28. The predicted octanol–water partition coefficient (Wildman–Crippen LogP) is 3.89. The highest BCUT2D eigenvalue weighted by atomic mass is 35.5. The molecule has 5 rings (SSSR count). The van der Waals surface area contributed by atoms with E-state index in [1.54, 1.807) is 13.0 Å². The highest BCUT2D eigenvalue weighted by molar-refractivity contribution is 6.32. The maximum absolute atomic E-state index is 13.4. The maximum atomic E-state index is 13.4. The molecule has 0 spiro atoms. The molecule has 2 amide bonds. The number of Topliss-reactive ketones (excluding diaryl/α,β-unsaturated/α-hetero) is 1. The third kappa shape index (κ3) is 3.15. The summed E-state index contributed by atoms with van der Waals surface area (Å²) < 4.78 is 0. The summed E-state index contributed by atoms with van der Waals surface area (Å²) in [4.78, 5) is 54.0. The van der Waals surface area contributed by atoms with Crippen LogP contribution in [0.3, 0.4) is 0 Å². The summed E-state index contributed by atoms with van der Waals surface area (Å²) in [6.07, 6.45) is 4.67. The molecule has 0 bridgehead atoms. The number of allylic oxidation sites excluding steroid dienone is 6. The summed E-state index contributed by atoms with van der Waals surface area (Å²) in [5.74, 6) is -2.74. The zero-order valence-electron chi connectivity index (χ0n) is 18.4. The van der Waals surface area contributed by atoms with Crippen molar-refractivity contribution < 1.29 is 24.3 Å². The van der Waals surface area contributed by atoms with Gasteiger partial charge in [-0.25, -0.2) is 0 Å². The molecule has 170 valence electrons. The maximum Gasteiger partial charge on any atom is 0.233 e. The van der Waals surface area contributed by atoms with Gasteiger partial charge in [-0.1, -0.05) is 36.2 Å². The SMILES string of the molecule is CCCN1C(=O)[C@H]2[C@H](CC=C3[C@H](c4ccc(O)cc4Cl)C4=C(C[C@H]32)C(=O)C(C)=CC4=O)C1=O. The minimum absolute atomic E-state index is 0.00318. The fourth-order valence-electron chi connectivity index (χ4n) is 6.00. The normalized spacial score (nSPS) is 29.0. The Balaban J connectivity index is 1.69. The van der Waals surface area contributed by atoms with Crippen molar-refractivity contribution in [1.82, 2.24) is 4.90 Å². The smallest absolute Gasteiger partial charge is 0.233 e. The van der Waals surface area contributed by atoms with E-state index in [0.29, 0.717) is 41.7 Å². The number of benzene rings is 1. The first-order chi connectivity index (χ1) is 15.7. The zero-order chi connectivity index (χ0) is 23.6. The third-order valence-electron chi connectivity index (χ3n) is 7.40. The second-order valence-corrected chi connectivity index (χ2v) is 9.67. The van der Waals surface area contributed by atoms with Crippen LogP contribution in [0.1, 0.15) is 44.6 Å². The molecule has 1 saturated heterocycles. The quantitative estimate of drug-likeness (QED) is 0.415. The van der Waals surface area contributed by atoms with Crippen LogP contribution >= 0.6 is 11.6 Å². The summed E-state index contributed by atoms with van der Waals surface area (Å²) in [6.45, 7) is 3.93. The van der Waals surface area contributed by atoms with Crippen LogP contribution in [-0.2, 0) is 19.2 Å². The molecule has 0 saturated carbocycles. The lowest BCUT2D eigenvalue weighted by Crippen LogP contribution is -2.39. The minimum Gasteiger partial charge on any atom is -0.508 e. The molecule has 7 heteroatoms. The second-order valence-electron chi connectivity index (χ2n) is 9.26. The molecule has 6 nitrogen and oxygen atoms in total. The molecule has 4 aliphatic rings. The van der Waals surface area contributed by atoms with Crippen LogP contribution in [0.2, 0.25) is 5.02 Å². The highest BCUT2D eigenvalue weighted by Crippen LogP contribution is 2.55. The summed E-state index contributed by atoms with van der Waals surface area (Å²) >= 11 is 6.51. The first kappa shape index (κ1) is 21.8. The average Bonchev–Trinajstić information content (AvgIpc) is 3.02. The van der Waals surface area contributed by atoms with E-state index in [4.69, 9.17) is 11.6 Å². The molecule has 1 heterocycles. The van der Waals surface area contributed by atoms with Crippen LogP contribution in [-0.4, -0.2) is 39.9 Å². The summed E-state index contributed by atoms with van der Waals surface area (Å²) in [5, 5.41) is 10.1. The molecule has 1 aromatic carbocycles. The van der Waals surface area contributed by atoms with Gasteiger partial charge in [0.15, 0.2) is 11.6 Å². The van der Waals surface area contributed by atoms with Crippen molar-refractivity contribution in [3.63, 3.8) is 0 Å². The molecule has 0 unspecified atom stereocenters. The first-order valence-corrected chi connectivity index (χ1v) is 11.7. The molecular weight excluding hydrogens is 442 g/mol. The van der Waals surface area contributed by atoms with Gasteiger partial charge in [-0.2, -0.15) is 0 Å². The van der Waals surface area contributed by atoms with Gasteiger partial charge in [-0.3, -0.25) is 24.1 Å². The summed E-state index contributed by atoms with van der Waals surface area (Å²) in [5.41, 5.74) is 2.63. The van der Waals surface area contributed by atoms with Gasteiger partial charge in [0.1, 0.15) is 5.75 Å². The van der Waals surface area contributed by atoms with Crippen molar-refractivity contribution in [2.24, 2.45) is 17.8 Å². The van der Waals surface area contributed by atoms with E-state index >= 15 is 0 Å². The van der Waals surface area contributed by atoms with Crippen LogP contribution in [0.15, 0.2) is 52.6 Å². The van der Waals surface area contributed by atoms with E-state index in [1.165, 1.54) is 23.1 Å². The lowest BCUT2D eigenvalue weighted by atomic mass is 9.59. The molecule has 1 fully saturated rings. The second kappa shape index (κ2) is 7.80. The van der Waals surface area contributed by atoms with Gasteiger partial charge in [-0.05, 0) is 55.9 Å². The van der Waals surface area contributed by atoms with Gasteiger partial charge in [0, 0.05) is 34.2 Å². The fraction of sp³-hybridized carbons (Fsp3) is 0.385. The van der Waals surface area contributed by atoms with Crippen molar-refractivity contribution in [3.05, 3.63) is 63.2 Å². The van der Waals surface area contributed by atoms with E-state index in [-0.39, 0.29) is 46.5 Å². The standard InChI is InChI=1S/C26H24ClNO5/c1-3-8-28-25(32)16-7-6-14-17(22(16)26(28)33)11-18-23(20(30)9-12(2)24(18)31)21(14)15-5-4-13(29)10-19(15)27/h4-6,9-10,16-17,21-22,29H,3,7-8,11H2,1-2H3/t16-,17+,21+,22-/m0/s1. The number of hydrogen-bond acceptors (Lipinski definition) is 5. The van der Waals surface area contributed by atoms with Crippen molar-refractivity contribution in [2.45, 2.75) is 39.0 Å². The number of phenols is 1. The predicted molar refractivity (Wildman–Crippen MR) is 121 cm³/mol. The van der Waals surface area contributed by atoms with E-state index in [1.807, 2.05) is 13.0 Å². The van der Waals surface area contributed by atoms with Crippen LogP contribution in [0, 0.1) is 17.8 Å². The Morgan fingerprint density at radius 2 is 1.88 bits per heavy atom. The lowest BCUT2D eigenvalue weighted by Gasteiger charge is -2.42. The van der Waals surface area contributed by atoms with Gasteiger partial charge in [0.25, 0.3) is 0 Å². The van der Waals surface area contributed by atoms with Gasteiger partial charge in [-0.15, -0.1) is 0 Å². The van der Waals surface area contributed by atoms with Crippen LogP contribution < -0.4 is 0 Å². The number of hydrogen-bond donors (Lipinski definition) is 1. The number of nitrogens with zero attached hydrogens (tertiary/aromatic N) is 1. The van der Waals surface area contributed by atoms with Crippen molar-refractivity contribution in [1.29, 1.82) is 0 Å². The van der Waals surface area contributed by atoms with E-state index in [9.17, 15) is 24.3 Å². The number of amides is 2. The number of rotatable bonds is 3. The largest absolute Gasteiger partial charge is 0.508 e. The van der Waals surface area contributed by atoms with Crippen molar-refractivity contribution >= 4 is 35.0 Å². The zero-order valence-corrected chi connectivity index (χ0v) is 19.2. The molecule has 0 radical (unpaired) electrons. The third-order valence-corrected chi connectivity index (χ3v) is 7.72. The molecule has 4 atom stereocenters. The highest BCUT2D eigenvalue weighted by Gasteiger charge is 2.56. The molecule has 1 aromatic rings. The number of carbonyl (C=O) groups excluding carboxylic acids is 4. The van der Waals surface area contributed by atoms with Crippen molar-refractivity contribution in [3.8, 4) is 5.75 Å². The Labute approximate surface area is 196 Å². The number of halogens is 1.